The van der Waals surface area contributed by atoms with Crippen molar-refractivity contribution in [1.29, 1.82) is 0 Å². The molecule has 152 valence electrons. The lowest BCUT2D eigenvalue weighted by molar-refractivity contribution is 0.292. The Morgan fingerprint density at radius 2 is 2.07 bits per heavy atom. The molecule has 2 N–H and O–H groups in total. The van der Waals surface area contributed by atoms with E-state index in [4.69, 9.17) is 0 Å². The molecule has 2 aromatic heterocycles. The highest BCUT2D eigenvalue weighted by atomic mass is 127. The quantitative estimate of drug-likeness (QED) is 0.308. The largest absolute Gasteiger partial charge is 0.356 e. The average Bonchev–Trinajstić information content (AvgIpc) is 3.07. The van der Waals surface area contributed by atoms with E-state index in [0.717, 1.165) is 49.8 Å². The minimum absolute atomic E-state index is 0. The number of nitrogens with one attached hydrogen (secondary N) is 2. The molecule has 0 fully saturated rings. The number of imidazole rings is 1. The van der Waals surface area contributed by atoms with Gasteiger partial charge < -0.3 is 19.9 Å². The summed E-state index contributed by atoms with van der Waals surface area (Å²) in [4.78, 5) is 11.4. The summed E-state index contributed by atoms with van der Waals surface area (Å²) >= 11 is 0. The summed E-state index contributed by atoms with van der Waals surface area (Å²) in [5.41, 5.74) is 2.08. The number of aliphatic imine (C=N–C) groups is 1. The zero-order valence-electron chi connectivity index (χ0n) is 17.1. The van der Waals surface area contributed by atoms with Crippen LogP contribution in [0.4, 0.5) is 0 Å². The molecule has 0 aromatic carbocycles. The first-order chi connectivity index (χ1) is 12.7. The standard InChI is InChI=1S/C20H34N6.HI/c1-5-25(6-2)14-9-10-17(3)23-20(21-4)22-13-12-18-16-26-15-8-7-11-19(26)24-18;/h7-8,11,15-17H,5-6,9-10,12-14H2,1-4H3,(H2,21,22,23);1H. The molecule has 27 heavy (non-hydrogen) atoms. The van der Waals surface area contributed by atoms with Crippen molar-refractivity contribution in [2.75, 3.05) is 33.2 Å². The van der Waals surface area contributed by atoms with Gasteiger partial charge in [0.25, 0.3) is 0 Å². The smallest absolute Gasteiger partial charge is 0.191 e. The van der Waals surface area contributed by atoms with Crippen LogP contribution in [0.5, 0.6) is 0 Å². The molecule has 0 spiro atoms. The van der Waals surface area contributed by atoms with E-state index >= 15 is 0 Å². The molecule has 0 bridgehead atoms. The van der Waals surface area contributed by atoms with Gasteiger partial charge in [-0.15, -0.1) is 24.0 Å². The van der Waals surface area contributed by atoms with Gasteiger partial charge in [0.2, 0.25) is 0 Å². The highest BCUT2D eigenvalue weighted by Gasteiger charge is 2.07. The van der Waals surface area contributed by atoms with Crippen LogP contribution in [0.25, 0.3) is 5.65 Å². The molecule has 0 aliphatic rings. The van der Waals surface area contributed by atoms with Crippen LogP contribution in [-0.4, -0.2) is 59.5 Å². The summed E-state index contributed by atoms with van der Waals surface area (Å²) in [5, 5.41) is 6.88. The van der Waals surface area contributed by atoms with Crippen LogP contribution in [0.15, 0.2) is 35.6 Å². The van der Waals surface area contributed by atoms with Gasteiger partial charge in [-0.1, -0.05) is 19.9 Å². The zero-order valence-corrected chi connectivity index (χ0v) is 19.4. The number of halogens is 1. The topological polar surface area (TPSA) is 57.0 Å². The molecular formula is C20H35IN6. The first-order valence-corrected chi connectivity index (χ1v) is 9.78. The molecule has 0 aliphatic heterocycles. The molecule has 1 atom stereocenters. The first-order valence-electron chi connectivity index (χ1n) is 9.78. The fourth-order valence-corrected chi connectivity index (χ4v) is 3.08. The lowest BCUT2D eigenvalue weighted by Crippen LogP contribution is -2.43. The predicted octanol–water partition coefficient (Wildman–Crippen LogP) is 3.17. The van der Waals surface area contributed by atoms with Gasteiger partial charge in [0.15, 0.2) is 5.96 Å². The van der Waals surface area contributed by atoms with Gasteiger partial charge in [-0.05, 0) is 51.5 Å². The number of nitrogens with zero attached hydrogens (tertiary/aromatic N) is 4. The Morgan fingerprint density at radius 1 is 1.30 bits per heavy atom. The van der Waals surface area contributed by atoms with Gasteiger partial charge in [0.05, 0.1) is 5.69 Å². The van der Waals surface area contributed by atoms with Crippen LogP contribution >= 0.6 is 24.0 Å². The Morgan fingerprint density at radius 3 is 2.74 bits per heavy atom. The maximum atomic E-state index is 4.63. The number of aromatic nitrogens is 2. The Balaban J connectivity index is 0.00000364. The maximum absolute atomic E-state index is 4.63. The Labute approximate surface area is 180 Å². The van der Waals surface area contributed by atoms with Gasteiger partial charge in [0, 0.05) is 38.4 Å². The fraction of sp³-hybridized carbons (Fsp3) is 0.600. The number of pyridine rings is 1. The van der Waals surface area contributed by atoms with E-state index < -0.39 is 0 Å². The lowest BCUT2D eigenvalue weighted by atomic mass is 10.2. The van der Waals surface area contributed by atoms with E-state index in [2.05, 4.69) is 56.9 Å². The molecule has 0 saturated heterocycles. The highest BCUT2D eigenvalue weighted by Crippen LogP contribution is 2.04. The summed E-state index contributed by atoms with van der Waals surface area (Å²) < 4.78 is 2.06. The van der Waals surface area contributed by atoms with E-state index in [-0.39, 0.29) is 24.0 Å². The Kier molecular flexibility index (Phi) is 11.3. The van der Waals surface area contributed by atoms with Crippen LogP contribution in [-0.2, 0) is 6.42 Å². The summed E-state index contributed by atoms with van der Waals surface area (Å²) in [6.45, 7) is 10.9. The van der Waals surface area contributed by atoms with Crippen molar-refractivity contribution in [2.45, 2.75) is 46.1 Å². The molecule has 2 rings (SSSR count). The SMILES string of the molecule is CCN(CC)CCCC(C)NC(=NC)NCCc1cn2ccccc2n1.I. The number of hydrogen-bond donors (Lipinski definition) is 2. The highest BCUT2D eigenvalue weighted by molar-refractivity contribution is 14.0. The Hall–Kier alpha value is -1.35. The van der Waals surface area contributed by atoms with Crippen molar-refractivity contribution in [2.24, 2.45) is 4.99 Å². The summed E-state index contributed by atoms with van der Waals surface area (Å²) in [6.07, 6.45) is 7.33. The van der Waals surface area contributed by atoms with Crippen molar-refractivity contribution in [3.63, 3.8) is 0 Å². The van der Waals surface area contributed by atoms with Crippen molar-refractivity contribution in [3.05, 3.63) is 36.3 Å². The number of rotatable bonds is 10. The molecular weight excluding hydrogens is 451 g/mol. The summed E-state index contributed by atoms with van der Waals surface area (Å²) in [5.74, 6) is 0.865. The molecule has 2 aromatic rings. The van der Waals surface area contributed by atoms with E-state index in [0.29, 0.717) is 6.04 Å². The molecule has 0 amide bonds. The van der Waals surface area contributed by atoms with Crippen LogP contribution in [0.1, 0.15) is 39.3 Å². The number of hydrogen-bond acceptors (Lipinski definition) is 3. The molecule has 2 heterocycles. The zero-order chi connectivity index (χ0) is 18.8. The van der Waals surface area contributed by atoms with Gasteiger partial charge in [-0.2, -0.15) is 0 Å². The third kappa shape index (κ3) is 8.04. The lowest BCUT2D eigenvalue weighted by Gasteiger charge is -2.21. The second-order valence-electron chi connectivity index (χ2n) is 6.66. The van der Waals surface area contributed by atoms with E-state index in [1.807, 2.05) is 31.4 Å². The second kappa shape index (κ2) is 12.9. The monoisotopic (exact) mass is 486 g/mol. The predicted molar refractivity (Wildman–Crippen MR) is 125 cm³/mol. The van der Waals surface area contributed by atoms with Gasteiger partial charge in [0.1, 0.15) is 5.65 Å². The van der Waals surface area contributed by atoms with Crippen LogP contribution in [0.3, 0.4) is 0 Å². The van der Waals surface area contributed by atoms with Crippen LogP contribution in [0, 0.1) is 0 Å². The van der Waals surface area contributed by atoms with E-state index in [1.54, 1.807) is 0 Å². The van der Waals surface area contributed by atoms with Crippen LogP contribution in [0.2, 0.25) is 0 Å². The van der Waals surface area contributed by atoms with E-state index in [1.165, 1.54) is 13.0 Å². The average molecular weight is 486 g/mol. The van der Waals surface area contributed by atoms with Gasteiger partial charge in [-0.3, -0.25) is 4.99 Å². The number of fused-ring (bicyclic) bond motifs is 1. The molecule has 6 nitrogen and oxygen atoms in total. The second-order valence-corrected chi connectivity index (χ2v) is 6.66. The van der Waals surface area contributed by atoms with Crippen LogP contribution < -0.4 is 10.6 Å². The molecule has 0 aliphatic carbocycles. The molecule has 0 radical (unpaired) electrons. The summed E-state index contributed by atoms with van der Waals surface area (Å²) in [6, 6.07) is 6.46. The van der Waals surface area contributed by atoms with Gasteiger partial charge >= 0.3 is 0 Å². The van der Waals surface area contributed by atoms with E-state index in [9.17, 15) is 0 Å². The van der Waals surface area contributed by atoms with Crippen molar-refractivity contribution in [3.8, 4) is 0 Å². The van der Waals surface area contributed by atoms with Crippen molar-refractivity contribution >= 4 is 35.6 Å². The normalized spacial score (nSPS) is 12.9. The maximum Gasteiger partial charge on any atom is 0.191 e. The Bertz CT molecular complexity index is 647. The molecule has 1 unspecified atom stereocenters. The van der Waals surface area contributed by atoms with Gasteiger partial charge in [-0.25, -0.2) is 4.98 Å². The molecule has 0 saturated carbocycles. The third-order valence-corrected chi connectivity index (χ3v) is 4.70. The summed E-state index contributed by atoms with van der Waals surface area (Å²) in [7, 11) is 1.82. The minimum atomic E-state index is 0. The fourth-order valence-electron chi connectivity index (χ4n) is 3.08. The number of guanidine groups is 1. The minimum Gasteiger partial charge on any atom is -0.356 e. The third-order valence-electron chi connectivity index (χ3n) is 4.70. The van der Waals surface area contributed by atoms with Crippen molar-refractivity contribution < 1.29 is 0 Å². The molecule has 7 heteroatoms. The van der Waals surface area contributed by atoms with Crippen molar-refractivity contribution in [1.82, 2.24) is 24.9 Å². The first kappa shape index (κ1) is 23.7.